The highest BCUT2D eigenvalue weighted by Gasteiger charge is 2.29. The lowest BCUT2D eigenvalue weighted by Gasteiger charge is -2.22. The molecule has 0 aromatic carbocycles. The predicted molar refractivity (Wildman–Crippen MR) is 67.6 cm³/mol. The molecule has 1 heterocycles. The van der Waals surface area contributed by atoms with E-state index in [2.05, 4.69) is 10.3 Å². The van der Waals surface area contributed by atoms with E-state index < -0.39 is 14.6 Å². The van der Waals surface area contributed by atoms with Gasteiger partial charge in [-0.3, -0.25) is 0 Å². The van der Waals surface area contributed by atoms with Crippen molar-refractivity contribution in [2.75, 3.05) is 19.3 Å². The molecule has 0 fully saturated rings. The fourth-order valence-corrected chi connectivity index (χ4v) is 2.06. The van der Waals surface area contributed by atoms with Crippen molar-refractivity contribution in [3.63, 3.8) is 0 Å². The largest absolute Gasteiger partial charge is 0.315 e. The summed E-state index contributed by atoms with van der Waals surface area (Å²) in [7, 11) is -3.01. The van der Waals surface area contributed by atoms with Crippen molar-refractivity contribution in [3.8, 4) is 0 Å². The van der Waals surface area contributed by atoms with Crippen molar-refractivity contribution in [3.05, 3.63) is 16.6 Å². The summed E-state index contributed by atoms with van der Waals surface area (Å²) in [6.07, 6.45) is 2.11. The molecule has 0 unspecified atom stereocenters. The second-order valence-corrected chi connectivity index (χ2v) is 7.81. The van der Waals surface area contributed by atoms with Crippen molar-refractivity contribution in [2.45, 2.75) is 25.0 Å². The number of nitrogens with one attached hydrogen (secondary N) is 1. The maximum Gasteiger partial charge on any atom is 0.153 e. The second-order valence-electron chi connectivity index (χ2n) is 4.44. The average molecular weight is 262 g/mol. The van der Waals surface area contributed by atoms with Gasteiger partial charge >= 0.3 is 0 Å². The zero-order valence-electron chi connectivity index (χ0n) is 9.86. The van der Waals surface area contributed by atoms with Crippen LogP contribution >= 0.6 is 11.3 Å². The molecule has 1 rings (SSSR count). The van der Waals surface area contributed by atoms with Gasteiger partial charge in [-0.1, -0.05) is 0 Å². The van der Waals surface area contributed by atoms with E-state index in [0.29, 0.717) is 6.54 Å². The number of rotatable bonds is 6. The molecule has 0 atom stereocenters. The molecule has 1 N–H and O–H groups in total. The van der Waals surface area contributed by atoms with Gasteiger partial charge in [0, 0.05) is 31.1 Å². The van der Waals surface area contributed by atoms with E-state index >= 15 is 0 Å². The van der Waals surface area contributed by atoms with Gasteiger partial charge in [-0.15, -0.1) is 11.3 Å². The Kier molecular flexibility index (Phi) is 4.46. The van der Waals surface area contributed by atoms with Gasteiger partial charge in [0.15, 0.2) is 9.84 Å². The molecular weight excluding hydrogens is 244 g/mol. The first-order valence-corrected chi connectivity index (χ1v) is 7.94. The van der Waals surface area contributed by atoms with Crippen LogP contribution in [-0.2, 0) is 16.3 Å². The van der Waals surface area contributed by atoms with Crippen molar-refractivity contribution in [1.82, 2.24) is 10.3 Å². The summed E-state index contributed by atoms with van der Waals surface area (Å²) in [5, 5.41) is 5.16. The van der Waals surface area contributed by atoms with Gasteiger partial charge in [0.05, 0.1) is 16.0 Å². The predicted octanol–water partition coefficient (Wildman–Crippen LogP) is 1.10. The lowest BCUT2D eigenvalue weighted by molar-refractivity contribution is 0.522. The Morgan fingerprint density at radius 2 is 2.19 bits per heavy atom. The highest BCUT2D eigenvalue weighted by Crippen LogP contribution is 2.13. The Balaban J connectivity index is 2.31. The molecule has 0 spiro atoms. The third-order valence-electron chi connectivity index (χ3n) is 2.60. The maximum atomic E-state index is 11.4. The maximum absolute atomic E-state index is 11.4. The summed E-state index contributed by atoms with van der Waals surface area (Å²) in [4.78, 5) is 4.16. The quantitative estimate of drug-likeness (QED) is 0.780. The average Bonchev–Trinajstić information content (AvgIpc) is 2.63. The van der Waals surface area contributed by atoms with Gasteiger partial charge in [0.1, 0.15) is 0 Å². The molecule has 4 nitrogen and oxygen atoms in total. The Labute approximate surface area is 101 Å². The van der Waals surface area contributed by atoms with Gasteiger partial charge in [0.2, 0.25) is 0 Å². The normalized spacial score (nSPS) is 12.9. The monoisotopic (exact) mass is 262 g/mol. The van der Waals surface area contributed by atoms with Gasteiger partial charge in [-0.2, -0.15) is 0 Å². The van der Waals surface area contributed by atoms with E-state index in [1.54, 1.807) is 30.7 Å². The first-order valence-electron chi connectivity index (χ1n) is 5.10. The Hall–Kier alpha value is -0.460. The number of nitrogens with zero attached hydrogens (tertiary/aromatic N) is 1. The van der Waals surface area contributed by atoms with Crippen LogP contribution in [0.25, 0.3) is 0 Å². The van der Waals surface area contributed by atoms with Crippen LogP contribution in [-0.4, -0.2) is 37.5 Å². The lowest BCUT2D eigenvalue weighted by Crippen LogP contribution is -2.42. The SMILES string of the molecule is CC(C)(CNCCc1cscn1)S(C)(=O)=O. The molecule has 92 valence electrons. The third-order valence-corrected chi connectivity index (χ3v) is 5.38. The van der Waals surface area contributed by atoms with Crippen molar-refractivity contribution in [2.24, 2.45) is 0 Å². The van der Waals surface area contributed by atoms with E-state index in [0.717, 1.165) is 18.7 Å². The van der Waals surface area contributed by atoms with Crippen LogP contribution in [0.2, 0.25) is 0 Å². The van der Waals surface area contributed by atoms with Crippen LogP contribution in [0.5, 0.6) is 0 Å². The number of thiazole rings is 1. The van der Waals surface area contributed by atoms with Gasteiger partial charge in [-0.25, -0.2) is 13.4 Å². The van der Waals surface area contributed by atoms with Crippen LogP contribution in [0, 0.1) is 0 Å². The molecule has 0 aliphatic rings. The Morgan fingerprint density at radius 3 is 2.69 bits per heavy atom. The zero-order chi connectivity index (χ0) is 12.2. The Morgan fingerprint density at radius 1 is 1.50 bits per heavy atom. The first kappa shape index (κ1) is 13.6. The smallest absolute Gasteiger partial charge is 0.153 e. The highest BCUT2D eigenvalue weighted by atomic mass is 32.2. The minimum Gasteiger partial charge on any atom is -0.315 e. The van der Waals surface area contributed by atoms with Crippen LogP contribution < -0.4 is 5.32 Å². The number of hydrogen-bond acceptors (Lipinski definition) is 5. The van der Waals surface area contributed by atoms with Crippen LogP contribution in [0.1, 0.15) is 19.5 Å². The fourth-order valence-electron chi connectivity index (χ4n) is 1.10. The van der Waals surface area contributed by atoms with E-state index in [4.69, 9.17) is 0 Å². The molecule has 1 aromatic rings. The van der Waals surface area contributed by atoms with Crippen LogP contribution in [0.3, 0.4) is 0 Å². The molecule has 0 saturated carbocycles. The molecule has 0 saturated heterocycles. The van der Waals surface area contributed by atoms with E-state index in [-0.39, 0.29) is 0 Å². The summed E-state index contributed by atoms with van der Waals surface area (Å²) in [5.41, 5.74) is 2.85. The number of hydrogen-bond donors (Lipinski definition) is 1. The van der Waals surface area contributed by atoms with E-state index in [1.807, 2.05) is 5.38 Å². The topological polar surface area (TPSA) is 59.1 Å². The van der Waals surface area contributed by atoms with Crippen molar-refractivity contribution < 1.29 is 8.42 Å². The van der Waals surface area contributed by atoms with E-state index in [1.165, 1.54) is 6.26 Å². The summed E-state index contributed by atoms with van der Waals surface area (Å²) in [6, 6.07) is 0. The van der Waals surface area contributed by atoms with Crippen molar-refractivity contribution in [1.29, 1.82) is 0 Å². The first-order chi connectivity index (χ1) is 7.33. The molecule has 1 aromatic heterocycles. The molecule has 0 amide bonds. The van der Waals surface area contributed by atoms with Crippen LogP contribution in [0.4, 0.5) is 0 Å². The Bertz CT molecular complexity index is 410. The number of aromatic nitrogens is 1. The van der Waals surface area contributed by atoms with Gasteiger partial charge in [0.25, 0.3) is 0 Å². The van der Waals surface area contributed by atoms with Crippen LogP contribution in [0.15, 0.2) is 10.9 Å². The summed E-state index contributed by atoms with van der Waals surface area (Å²) in [5.74, 6) is 0. The molecule has 0 aliphatic heterocycles. The molecule has 0 aliphatic carbocycles. The standard InChI is InChI=1S/C10H18N2O2S2/c1-10(2,16(3,13)14)7-11-5-4-9-6-15-8-12-9/h6,8,11H,4-5,7H2,1-3H3. The fraction of sp³-hybridized carbons (Fsp3) is 0.700. The minimum atomic E-state index is -3.01. The van der Waals surface area contributed by atoms with E-state index in [9.17, 15) is 8.42 Å². The molecule has 6 heteroatoms. The summed E-state index contributed by atoms with van der Waals surface area (Å²) in [6.45, 7) is 4.69. The molecule has 0 radical (unpaired) electrons. The minimum absolute atomic E-state index is 0.468. The second kappa shape index (κ2) is 5.25. The third kappa shape index (κ3) is 3.84. The zero-order valence-corrected chi connectivity index (χ0v) is 11.5. The molecular formula is C10H18N2O2S2. The van der Waals surface area contributed by atoms with Gasteiger partial charge < -0.3 is 5.32 Å². The van der Waals surface area contributed by atoms with Gasteiger partial charge in [-0.05, 0) is 13.8 Å². The summed E-state index contributed by atoms with van der Waals surface area (Å²) >= 11 is 1.57. The highest BCUT2D eigenvalue weighted by molar-refractivity contribution is 7.92. The molecule has 16 heavy (non-hydrogen) atoms. The summed E-state index contributed by atoms with van der Waals surface area (Å²) < 4.78 is 22.1. The molecule has 0 bridgehead atoms. The van der Waals surface area contributed by atoms with Crippen molar-refractivity contribution >= 4 is 21.2 Å². The number of sulfone groups is 1. The lowest BCUT2D eigenvalue weighted by atomic mass is 10.2.